The molecule has 4 nitrogen and oxygen atoms in total. The molecule has 0 bridgehead atoms. The van der Waals surface area contributed by atoms with Crippen LogP contribution in [0, 0.1) is 0 Å². The third kappa shape index (κ3) is 6.06. The van der Waals surface area contributed by atoms with Gasteiger partial charge in [0.2, 0.25) is 0 Å². The summed E-state index contributed by atoms with van der Waals surface area (Å²) < 4.78 is 10.6. The average molecular weight is 350 g/mol. The maximum atomic E-state index is 12.2. The molecule has 2 aromatic carbocycles. The Bertz CT molecular complexity index is 771. The second-order valence-corrected chi connectivity index (χ2v) is 5.62. The lowest BCUT2D eigenvalue weighted by Gasteiger charge is -2.05. The van der Waals surface area contributed by atoms with Gasteiger partial charge in [-0.05, 0) is 54.5 Å². The highest BCUT2D eigenvalue weighted by molar-refractivity contribution is 6.06. The first-order valence-corrected chi connectivity index (χ1v) is 8.52. The van der Waals surface area contributed by atoms with Gasteiger partial charge in [0.25, 0.3) is 0 Å². The smallest absolute Gasteiger partial charge is 0.335 e. The van der Waals surface area contributed by atoms with E-state index in [0.717, 1.165) is 30.2 Å². The third-order valence-corrected chi connectivity index (χ3v) is 3.60. The van der Waals surface area contributed by atoms with Gasteiger partial charge in [0.1, 0.15) is 11.5 Å². The summed E-state index contributed by atoms with van der Waals surface area (Å²) in [5.74, 6) is 0.529. The van der Waals surface area contributed by atoms with Gasteiger partial charge in [-0.1, -0.05) is 38.1 Å². The van der Waals surface area contributed by atoms with Crippen LogP contribution in [0.1, 0.15) is 35.7 Å². The summed E-state index contributed by atoms with van der Waals surface area (Å²) in [4.78, 5) is 23.3. The maximum Gasteiger partial charge on any atom is 0.335 e. The molecule has 0 N–H and O–H groups in total. The monoisotopic (exact) mass is 350 g/mol. The zero-order valence-corrected chi connectivity index (χ0v) is 14.8. The molecular formula is C22H22O4. The molecule has 0 spiro atoms. The van der Waals surface area contributed by atoms with Crippen LogP contribution in [0.3, 0.4) is 0 Å². The van der Waals surface area contributed by atoms with Crippen molar-refractivity contribution in [3.05, 3.63) is 78.4 Å². The summed E-state index contributed by atoms with van der Waals surface area (Å²) in [5.41, 5.74) is 1.43. The van der Waals surface area contributed by atoms with Crippen molar-refractivity contribution in [2.24, 2.45) is 0 Å². The third-order valence-electron chi connectivity index (χ3n) is 3.60. The van der Waals surface area contributed by atoms with Gasteiger partial charge < -0.3 is 9.47 Å². The number of rotatable bonds is 9. The largest absolute Gasteiger partial charge is 0.494 e. The van der Waals surface area contributed by atoms with Crippen LogP contribution in [0.15, 0.2) is 67.3 Å². The van der Waals surface area contributed by atoms with Crippen LogP contribution >= 0.6 is 0 Å². The summed E-state index contributed by atoms with van der Waals surface area (Å²) in [5, 5.41) is 0. The highest BCUT2D eigenvalue weighted by Gasteiger charge is 2.04. The minimum Gasteiger partial charge on any atom is -0.494 e. The number of benzene rings is 2. The van der Waals surface area contributed by atoms with E-state index in [1.807, 2.05) is 24.3 Å². The van der Waals surface area contributed by atoms with Crippen LogP contribution in [0.4, 0.5) is 0 Å². The van der Waals surface area contributed by atoms with Crippen molar-refractivity contribution in [1.29, 1.82) is 0 Å². The van der Waals surface area contributed by atoms with Crippen molar-refractivity contribution in [3.63, 3.8) is 0 Å². The Hall–Kier alpha value is -3.14. The fourth-order valence-electron chi connectivity index (χ4n) is 2.12. The normalized spacial score (nSPS) is 10.5. The van der Waals surface area contributed by atoms with E-state index in [1.54, 1.807) is 30.3 Å². The molecule has 0 aliphatic rings. The summed E-state index contributed by atoms with van der Waals surface area (Å²) in [6, 6.07) is 14.0. The standard InChI is InChI=1S/C22H22O4/c1-3-5-16-25-19-11-6-17(7-12-19)8-15-21(23)18-9-13-20(14-10-18)26-22(24)4-2/h4,6-15H,2-3,5,16H2,1H3. The minimum absolute atomic E-state index is 0.130. The Labute approximate surface area is 153 Å². The van der Waals surface area contributed by atoms with E-state index < -0.39 is 5.97 Å². The molecule has 2 aromatic rings. The number of hydrogen-bond acceptors (Lipinski definition) is 4. The zero-order valence-electron chi connectivity index (χ0n) is 14.8. The first-order chi connectivity index (χ1) is 12.6. The molecule has 0 saturated carbocycles. The molecule has 0 radical (unpaired) electrons. The van der Waals surface area contributed by atoms with Crippen LogP contribution in [0.25, 0.3) is 6.08 Å². The predicted octanol–water partition coefficient (Wildman–Crippen LogP) is 4.85. The highest BCUT2D eigenvalue weighted by atomic mass is 16.5. The topological polar surface area (TPSA) is 52.6 Å². The van der Waals surface area contributed by atoms with Crippen LogP contribution < -0.4 is 9.47 Å². The Morgan fingerprint density at radius 1 is 1.00 bits per heavy atom. The second-order valence-electron chi connectivity index (χ2n) is 5.62. The summed E-state index contributed by atoms with van der Waals surface area (Å²) in [6.07, 6.45) is 6.48. The zero-order chi connectivity index (χ0) is 18.8. The Kier molecular flexibility index (Phi) is 7.37. The highest BCUT2D eigenvalue weighted by Crippen LogP contribution is 2.16. The Morgan fingerprint density at radius 3 is 2.27 bits per heavy atom. The van der Waals surface area contributed by atoms with E-state index in [-0.39, 0.29) is 5.78 Å². The van der Waals surface area contributed by atoms with Crippen molar-refractivity contribution in [2.75, 3.05) is 6.61 Å². The van der Waals surface area contributed by atoms with Gasteiger partial charge in [-0.2, -0.15) is 0 Å². The fourth-order valence-corrected chi connectivity index (χ4v) is 2.12. The van der Waals surface area contributed by atoms with Crippen LogP contribution in [-0.2, 0) is 4.79 Å². The number of carbonyl (C=O) groups excluding carboxylic acids is 2. The molecule has 0 amide bonds. The summed E-state index contributed by atoms with van der Waals surface area (Å²) >= 11 is 0. The van der Waals surface area contributed by atoms with Gasteiger partial charge in [0, 0.05) is 11.6 Å². The molecule has 0 aromatic heterocycles. The molecule has 0 aliphatic heterocycles. The Balaban J connectivity index is 1.93. The molecule has 0 atom stereocenters. The molecular weight excluding hydrogens is 328 g/mol. The van der Waals surface area contributed by atoms with Gasteiger partial charge in [-0.15, -0.1) is 0 Å². The van der Waals surface area contributed by atoms with Gasteiger partial charge in [0.15, 0.2) is 5.78 Å². The number of esters is 1. The van der Waals surface area contributed by atoms with Crippen molar-refractivity contribution in [2.45, 2.75) is 19.8 Å². The van der Waals surface area contributed by atoms with Crippen molar-refractivity contribution in [1.82, 2.24) is 0 Å². The predicted molar refractivity (Wildman–Crippen MR) is 102 cm³/mol. The molecule has 4 heteroatoms. The number of carbonyl (C=O) groups is 2. The quantitative estimate of drug-likeness (QED) is 0.213. The van der Waals surface area contributed by atoms with Crippen LogP contribution in [0.5, 0.6) is 11.5 Å². The minimum atomic E-state index is -0.536. The van der Waals surface area contributed by atoms with E-state index in [2.05, 4.69) is 13.5 Å². The molecule has 0 aliphatic carbocycles. The Morgan fingerprint density at radius 2 is 1.65 bits per heavy atom. The van der Waals surface area contributed by atoms with Gasteiger partial charge >= 0.3 is 5.97 Å². The van der Waals surface area contributed by atoms with Crippen LogP contribution in [-0.4, -0.2) is 18.4 Å². The molecule has 2 rings (SSSR count). The fraction of sp³-hybridized carbons (Fsp3) is 0.182. The summed E-state index contributed by atoms with van der Waals surface area (Å²) in [7, 11) is 0. The molecule has 0 unspecified atom stereocenters. The number of ether oxygens (including phenoxy) is 2. The van der Waals surface area contributed by atoms with Gasteiger partial charge in [0.05, 0.1) is 6.61 Å². The van der Waals surface area contributed by atoms with E-state index in [1.165, 1.54) is 6.08 Å². The van der Waals surface area contributed by atoms with Crippen molar-refractivity contribution >= 4 is 17.8 Å². The first kappa shape index (κ1) is 19.2. The lowest BCUT2D eigenvalue weighted by molar-refractivity contribution is -0.128. The lowest BCUT2D eigenvalue weighted by atomic mass is 10.1. The number of allylic oxidation sites excluding steroid dienone is 1. The average Bonchev–Trinajstić information content (AvgIpc) is 2.67. The molecule has 0 heterocycles. The van der Waals surface area contributed by atoms with Crippen molar-refractivity contribution in [3.8, 4) is 11.5 Å². The van der Waals surface area contributed by atoms with E-state index in [0.29, 0.717) is 17.9 Å². The van der Waals surface area contributed by atoms with Gasteiger partial charge in [-0.25, -0.2) is 4.79 Å². The first-order valence-electron chi connectivity index (χ1n) is 8.52. The molecule has 134 valence electrons. The summed E-state index contributed by atoms with van der Waals surface area (Å²) in [6.45, 7) is 6.17. The SMILES string of the molecule is C=CC(=O)Oc1ccc(C(=O)C=Cc2ccc(OCCCC)cc2)cc1. The van der Waals surface area contributed by atoms with Crippen LogP contribution in [0.2, 0.25) is 0 Å². The lowest BCUT2D eigenvalue weighted by Crippen LogP contribution is -2.03. The van der Waals surface area contributed by atoms with Gasteiger partial charge in [-0.3, -0.25) is 4.79 Å². The number of hydrogen-bond donors (Lipinski definition) is 0. The maximum absolute atomic E-state index is 12.2. The van der Waals surface area contributed by atoms with E-state index in [9.17, 15) is 9.59 Å². The second kappa shape index (κ2) is 9.99. The molecule has 26 heavy (non-hydrogen) atoms. The van der Waals surface area contributed by atoms with E-state index >= 15 is 0 Å². The number of unbranched alkanes of at least 4 members (excludes halogenated alkanes) is 1. The number of ketones is 1. The molecule has 0 fully saturated rings. The van der Waals surface area contributed by atoms with E-state index in [4.69, 9.17) is 9.47 Å². The molecule has 0 saturated heterocycles. The van der Waals surface area contributed by atoms with Crippen molar-refractivity contribution < 1.29 is 19.1 Å².